The quantitative estimate of drug-likeness (QED) is 0.239. The fourth-order valence-electron chi connectivity index (χ4n) is 0.849. The Morgan fingerprint density at radius 2 is 2.40 bits per heavy atom. The highest BCUT2D eigenvalue weighted by molar-refractivity contribution is 5.34. The summed E-state index contributed by atoms with van der Waals surface area (Å²) in [6, 6.07) is 5.26. The normalized spacial score (nSPS) is 7.93. The number of aromatic nitrogens is 1. The molecule has 0 amide bonds. The molecule has 1 aromatic heterocycles. The zero-order valence-electron chi connectivity index (χ0n) is 7.88. The third kappa shape index (κ3) is 3.82. The Bertz CT molecular complexity index is 465. The molecule has 0 aliphatic heterocycles. The Hall–Kier alpha value is -2.49. The second-order valence-corrected chi connectivity index (χ2v) is 2.55. The predicted molar refractivity (Wildman–Crippen MR) is 54.5 cm³/mol. The van der Waals surface area contributed by atoms with E-state index in [1.165, 1.54) is 0 Å². The number of azide groups is 1. The average Bonchev–Trinajstić information content (AvgIpc) is 2.30. The number of pyridine rings is 1. The van der Waals surface area contributed by atoms with Gasteiger partial charge in [0, 0.05) is 29.6 Å². The molecule has 0 aliphatic rings. The van der Waals surface area contributed by atoms with Crippen molar-refractivity contribution in [3.05, 3.63) is 40.0 Å². The Kier molecular flexibility index (Phi) is 4.26. The van der Waals surface area contributed by atoms with Crippen LogP contribution in [0.4, 0.5) is 0 Å². The number of hydrogen-bond donors (Lipinski definition) is 0. The average molecular weight is 197 g/mol. The summed E-state index contributed by atoms with van der Waals surface area (Å²) < 4.78 is 0. The van der Waals surface area contributed by atoms with Gasteiger partial charge in [0.1, 0.15) is 11.8 Å². The first kappa shape index (κ1) is 10.6. The number of hydrogen-bond acceptors (Lipinski definition) is 3. The second kappa shape index (κ2) is 6.04. The molecule has 15 heavy (non-hydrogen) atoms. The summed E-state index contributed by atoms with van der Waals surface area (Å²) in [6.45, 7) is 0.368. The molecule has 0 aliphatic carbocycles. The zero-order chi connectivity index (χ0) is 10.9. The lowest BCUT2D eigenvalue weighted by molar-refractivity contribution is 1.01. The third-order valence-corrected chi connectivity index (χ3v) is 1.51. The maximum Gasteiger partial charge on any atom is 0.140 e. The van der Waals surface area contributed by atoms with Crippen LogP contribution in [0, 0.1) is 23.2 Å². The topological polar surface area (TPSA) is 85.4 Å². The van der Waals surface area contributed by atoms with Crippen molar-refractivity contribution in [2.24, 2.45) is 5.11 Å². The molecule has 1 rings (SSSR count). The monoisotopic (exact) mass is 197 g/mol. The van der Waals surface area contributed by atoms with Crippen LogP contribution in [-0.4, -0.2) is 11.5 Å². The van der Waals surface area contributed by atoms with E-state index in [0.29, 0.717) is 18.7 Å². The minimum Gasteiger partial charge on any atom is -0.244 e. The van der Waals surface area contributed by atoms with E-state index in [1.807, 2.05) is 6.07 Å². The van der Waals surface area contributed by atoms with E-state index in [0.717, 1.165) is 5.56 Å². The van der Waals surface area contributed by atoms with Crippen molar-refractivity contribution >= 4 is 0 Å². The van der Waals surface area contributed by atoms with Crippen molar-refractivity contribution in [2.75, 3.05) is 6.54 Å². The first-order valence-corrected chi connectivity index (χ1v) is 4.22. The molecule has 0 unspecified atom stereocenters. The summed E-state index contributed by atoms with van der Waals surface area (Å²) in [5.41, 5.74) is 9.13. The number of nitriles is 1. The highest BCUT2D eigenvalue weighted by atomic mass is 15.1. The minimum absolute atomic E-state index is 0.368. The van der Waals surface area contributed by atoms with E-state index in [4.69, 9.17) is 10.8 Å². The lowest BCUT2D eigenvalue weighted by atomic mass is 10.2. The van der Waals surface area contributed by atoms with Crippen LogP contribution < -0.4 is 0 Å². The van der Waals surface area contributed by atoms with Crippen LogP contribution in [-0.2, 0) is 0 Å². The summed E-state index contributed by atoms with van der Waals surface area (Å²) in [4.78, 5) is 6.48. The van der Waals surface area contributed by atoms with Gasteiger partial charge in [0.2, 0.25) is 0 Å². The summed E-state index contributed by atoms with van der Waals surface area (Å²) in [6.07, 6.45) is 2.06. The van der Waals surface area contributed by atoms with Crippen LogP contribution in [0.5, 0.6) is 0 Å². The summed E-state index contributed by atoms with van der Waals surface area (Å²) >= 11 is 0. The van der Waals surface area contributed by atoms with Crippen molar-refractivity contribution < 1.29 is 0 Å². The van der Waals surface area contributed by atoms with Gasteiger partial charge in [-0.25, -0.2) is 4.98 Å². The molecule has 1 heterocycles. The summed E-state index contributed by atoms with van der Waals surface area (Å²) in [5, 5.41) is 11.9. The van der Waals surface area contributed by atoms with Gasteiger partial charge in [-0.2, -0.15) is 5.26 Å². The Balaban J connectivity index is 2.57. The van der Waals surface area contributed by atoms with Gasteiger partial charge < -0.3 is 0 Å². The van der Waals surface area contributed by atoms with Gasteiger partial charge in [-0.15, -0.1) is 0 Å². The molecule has 0 N–H and O–H groups in total. The Labute approximate surface area is 87.0 Å². The van der Waals surface area contributed by atoms with Crippen LogP contribution in [0.1, 0.15) is 17.7 Å². The fraction of sp³-hybridized carbons (Fsp3) is 0.200. The molecule has 0 saturated carbocycles. The van der Waals surface area contributed by atoms with Crippen LogP contribution in [0.2, 0.25) is 0 Å². The predicted octanol–water partition coefficient (Wildman–Crippen LogP) is 2.01. The van der Waals surface area contributed by atoms with Gasteiger partial charge in [0.15, 0.2) is 0 Å². The molecule has 5 heteroatoms. The van der Waals surface area contributed by atoms with Crippen molar-refractivity contribution in [1.29, 1.82) is 5.26 Å². The molecular formula is C10H7N5. The van der Waals surface area contributed by atoms with Crippen LogP contribution in [0.15, 0.2) is 23.4 Å². The molecule has 72 valence electrons. The molecule has 0 bridgehead atoms. The SMILES string of the molecule is N#Cc1ccc(C#CCCN=[N+]=[N-])cn1. The first-order chi connectivity index (χ1) is 7.36. The minimum atomic E-state index is 0.368. The molecule has 1 aromatic rings. The van der Waals surface area contributed by atoms with E-state index in [2.05, 4.69) is 26.9 Å². The van der Waals surface area contributed by atoms with Crippen LogP contribution in [0.3, 0.4) is 0 Å². The van der Waals surface area contributed by atoms with E-state index in [9.17, 15) is 0 Å². The lowest BCUT2D eigenvalue weighted by Gasteiger charge is -1.88. The Morgan fingerprint density at radius 3 is 3.00 bits per heavy atom. The summed E-state index contributed by atoms with van der Waals surface area (Å²) in [7, 11) is 0. The van der Waals surface area contributed by atoms with E-state index in [1.54, 1.807) is 18.3 Å². The number of nitrogens with zero attached hydrogens (tertiary/aromatic N) is 5. The van der Waals surface area contributed by atoms with Crippen molar-refractivity contribution in [3.63, 3.8) is 0 Å². The van der Waals surface area contributed by atoms with Crippen LogP contribution in [0.25, 0.3) is 10.4 Å². The van der Waals surface area contributed by atoms with Gasteiger partial charge in [-0.3, -0.25) is 0 Å². The molecule has 0 spiro atoms. The maximum atomic E-state index is 8.51. The Morgan fingerprint density at radius 1 is 1.53 bits per heavy atom. The molecule has 0 fully saturated rings. The van der Waals surface area contributed by atoms with Gasteiger partial charge in [-0.05, 0) is 17.7 Å². The van der Waals surface area contributed by atoms with Gasteiger partial charge in [-0.1, -0.05) is 17.0 Å². The first-order valence-electron chi connectivity index (χ1n) is 4.22. The highest BCUT2D eigenvalue weighted by Gasteiger charge is 1.89. The largest absolute Gasteiger partial charge is 0.244 e. The third-order valence-electron chi connectivity index (χ3n) is 1.51. The standard InChI is InChI=1S/C10H7N5/c11-7-10-5-4-9(8-13-10)3-1-2-6-14-15-12/h4-5,8H,2,6H2. The van der Waals surface area contributed by atoms with Crippen LogP contribution >= 0.6 is 0 Å². The van der Waals surface area contributed by atoms with Crippen molar-refractivity contribution in [2.45, 2.75) is 6.42 Å². The highest BCUT2D eigenvalue weighted by Crippen LogP contribution is 1.97. The number of rotatable bonds is 2. The second-order valence-electron chi connectivity index (χ2n) is 2.55. The molecule has 5 nitrogen and oxygen atoms in total. The molecule has 0 saturated heterocycles. The molecule has 0 atom stereocenters. The van der Waals surface area contributed by atoms with Gasteiger partial charge >= 0.3 is 0 Å². The fourth-order valence-corrected chi connectivity index (χ4v) is 0.849. The smallest absolute Gasteiger partial charge is 0.140 e. The van der Waals surface area contributed by atoms with Gasteiger partial charge in [0.25, 0.3) is 0 Å². The molecule has 0 aromatic carbocycles. The van der Waals surface area contributed by atoms with Crippen molar-refractivity contribution in [3.8, 4) is 17.9 Å². The van der Waals surface area contributed by atoms with Gasteiger partial charge in [0.05, 0.1) is 0 Å². The zero-order valence-corrected chi connectivity index (χ0v) is 7.88. The summed E-state index contributed by atoms with van der Waals surface area (Å²) in [5.74, 6) is 5.69. The van der Waals surface area contributed by atoms with Crippen molar-refractivity contribution in [1.82, 2.24) is 4.98 Å². The maximum absolute atomic E-state index is 8.51. The van der Waals surface area contributed by atoms with E-state index >= 15 is 0 Å². The molecular weight excluding hydrogens is 190 g/mol. The lowest BCUT2D eigenvalue weighted by Crippen LogP contribution is -1.82. The van der Waals surface area contributed by atoms with E-state index in [-0.39, 0.29) is 0 Å². The molecule has 0 radical (unpaired) electrons. The van der Waals surface area contributed by atoms with E-state index < -0.39 is 0 Å².